The van der Waals surface area contributed by atoms with Gasteiger partial charge in [0.15, 0.2) is 24.1 Å². The zero-order valence-corrected chi connectivity index (χ0v) is 38.4. The first-order valence-electron chi connectivity index (χ1n) is 22.9. The van der Waals surface area contributed by atoms with Gasteiger partial charge in [-0.25, -0.2) is 14.4 Å². The number of carbonyl (C=O) groups is 3. The first-order chi connectivity index (χ1) is 34.4. The maximum absolute atomic E-state index is 14.0. The summed E-state index contributed by atoms with van der Waals surface area (Å²) in [4.78, 5) is 40.7. The molecule has 27 nitrogen and oxygen atoms in total. The molecule has 0 amide bonds. The van der Waals surface area contributed by atoms with E-state index in [1.54, 1.807) is 0 Å². The quantitative estimate of drug-likeness (QED) is 0.0394. The minimum Gasteiger partial charge on any atom is -0.504 e. The lowest BCUT2D eigenvalue weighted by Gasteiger charge is -2.43. The number of methoxy groups -OCH3 is 1. The number of esters is 3. The van der Waals surface area contributed by atoms with Crippen LogP contribution in [0.15, 0.2) is 54.5 Å². The number of rotatable bonds is 17. The predicted octanol–water partition coefficient (Wildman–Crippen LogP) is -5.24. The maximum atomic E-state index is 14.0. The Morgan fingerprint density at radius 1 is 0.653 bits per heavy atom. The van der Waals surface area contributed by atoms with Gasteiger partial charge in [0.1, 0.15) is 84.9 Å². The summed E-state index contributed by atoms with van der Waals surface area (Å²) >= 11 is 0. The van der Waals surface area contributed by atoms with Gasteiger partial charge in [0.2, 0.25) is 18.9 Å². The molecule has 7 rings (SSSR count). The molecule has 1 aromatic rings. The first kappa shape index (κ1) is 55.1. The Morgan fingerprint density at radius 2 is 1.18 bits per heavy atom. The Balaban J connectivity index is 1.07. The lowest BCUT2D eigenvalue weighted by atomic mass is 9.81. The van der Waals surface area contributed by atoms with E-state index < -0.39 is 196 Å². The summed E-state index contributed by atoms with van der Waals surface area (Å²) in [5.41, 5.74) is -0.567. The molecule has 402 valence electrons. The molecule has 22 atom stereocenters. The number of carbonyl (C=O) groups excluding carboxylic acids is 3. The normalized spacial score (nSPS) is 40.8. The lowest BCUT2D eigenvalue weighted by Crippen LogP contribution is -2.60. The van der Waals surface area contributed by atoms with Crippen LogP contribution < -0.4 is 4.74 Å². The number of aliphatic hydroxyl groups excluding tert-OH is 12. The first-order valence-corrected chi connectivity index (χ1v) is 22.9. The minimum absolute atomic E-state index is 0.0296. The largest absolute Gasteiger partial charge is 0.504 e. The van der Waals surface area contributed by atoms with Gasteiger partial charge in [-0.2, -0.15) is 0 Å². The second kappa shape index (κ2) is 23.7. The molecule has 0 aromatic heterocycles. The van der Waals surface area contributed by atoms with Crippen LogP contribution in [0.4, 0.5) is 0 Å². The van der Waals surface area contributed by atoms with E-state index in [0.29, 0.717) is 0 Å². The van der Waals surface area contributed by atoms with Gasteiger partial charge in [-0.15, -0.1) is 6.58 Å². The molecule has 0 unspecified atom stereocenters. The van der Waals surface area contributed by atoms with Crippen molar-refractivity contribution in [1.82, 2.24) is 0 Å². The lowest BCUT2D eigenvalue weighted by molar-refractivity contribution is -0.341. The van der Waals surface area contributed by atoms with Crippen LogP contribution >= 0.6 is 0 Å². The van der Waals surface area contributed by atoms with Gasteiger partial charge < -0.3 is 118 Å². The third-order valence-electron chi connectivity index (χ3n) is 13.6. The van der Waals surface area contributed by atoms with Crippen LogP contribution in [0.5, 0.6) is 11.5 Å². The van der Waals surface area contributed by atoms with Gasteiger partial charge >= 0.3 is 17.9 Å². The third-order valence-corrected chi connectivity index (χ3v) is 13.6. The fourth-order valence-electron chi connectivity index (χ4n) is 9.49. The number of ether oxygens (including phenoxy) is 11. The zero-order valence-electron chi connectivity index (χ0n) is 38.4. The van der Waals surface area contributed by atoms with Crippen molar-refractivity contribution in [2.75, 3.05) is 33.5 Å². The van der Waals surface area contributed by atoms with Gasteiger partial charge in [0.05, 0.1) is 57.2 Å². The Kier molecular flexibility index (Phi) is 18.2. The van der Waals surface area contributed by atoms with Crippen LogP contribution in [0.2, 0.25) is 0 Å². The molecule has 1 aliphatic carbocycles. The summed E-state index contributed by atoms with van der Waals surface area (Å²) in [6.07, 6.45) is -25.8. The molecule has 13 N–H and O–H groups in total. The average molecular weight is 1030 g/mol. The Morgan fingerprint density at radius 3 is 1.74 bits per heavy atom. The van der Waals surface area contributed by atoms with E-state index >= 15 is 0 Å². The molecule has 1 saturated carbocycles. The molecule has 4 fully saturated rings. The van der Waals surface area contributed by atoms with Gasteiger partial charge in [-0.1, -0.05) is 12.1 Å². The number of fused-ring (bicyclic) bond motifs is 1. The number of aliphatic hydroxyl groups is 12. The molecule has 6 aliphatic rings. The predicted molar refractivity (Wildman–Crippen MR) is 228 cm³/mol. The van der Waals surface area contributed by atoms with E-state index in [2.05, 4.69) is 6.58 Å². The molecule has 5 heterocycles. The van der Waals surface area contributed by atoms with Crippen molar-refractivity contribution in [3.8, 4) is 11.5 Å². The highest BCUT2D eigenvalue weighted by Gasteiger charge is 2.53. The smallest absolute Gasteiger partial charge is 0.342 e. The van der Waals surface area contributed by atoms with Gasteiger partial charge in [-0.05, 0) is 31.4 Å². The summed E-state index contributed by atoms with van der Waals surface area (Å²) in [5.74, 6) is -7.74. The van der Waals surface area contributed by atoms with Crippen molar-refractivity contribution >= 4 is 17.9 Å². The monoisotopic (exact) mass is 1030 g/mol. The molecular formula is C45H60O27. The Hall–Kier alpha value is -4.63. The maximum Gasteiger partial charge on any atom is 0.342 e. The van der Waals surface area contributed by atoms with Crippen LogP contribution in [0.25, 0.3) is 0 Å². The van der Waals surface area contributed by atoms with Gasteiger partial charge in [-0.3, -0.25) is 0 Å². The van der Waals surface area contributed by atoms with Crippen LogP contribution in [0.3, 0.4) is 0 Å². The van der Waals surface area contributed by atoms with Crippen molar-refractivity contribution in [3.05, 3.63) is 60.1 Å². The Bertz CT molecular complexity index is 2110. The second-order valence-electron chi connectivity index (χ2n) is 17.9. The number of para-hydroxylation sites is 1. The molecule has 0 spiro atoms. The molecule has 3 saturated heterocycles. The minimum atomic E-state index is -1.86. The van der Waals surface area contributed by atoms with E-state index in [4.69, 9.17) is 52.1 Å². The summed E-state index contributed by atoms with van der Waals surface area (Å²) < 4.78 is 61.7. The molecule has 5 aliphatic heterocycles. The highest BCUT2D eigenvalue weighted by Crippen LogP contribution is 2.47. The summed E-state index contributed by atoms with van der Waals surface area (Å²) in [5, 5.41) is 134. The van der Waals surface area contributed by atoms with Crippen molar-refractivity contribution < 1.29 is 133 Å². The molecule has 0 bridgehead atoms. The van der Waals surface area contributed by atoms with Gasteiger partial charge in [0.25, 0.3) is 0 Å². The fourth-order valence-corrected chi connectivity index (χ4v) is 9.49. The van der Waals surface area contributed by atoms with Crippen LogP contribution in [0, 0.1) is 23.7 Å². The topological polar surface area (TPSA) is 416 Å². The number of phenolic OH excluding ortho intramolecular Hbond substituents is 1. The number of benzene rings is 1. The van der Waals surface area contributed by atoms with E-state index in [1.165, 1.54) is 24.3 Å². The second-order valence-corrected chi connectivity index (χ2v) is 17.9. The van der Waals surface area contributed by atoms with Crippen molar-refractivity contribution in [3.63, 3.8) is 0 Å². The van der Waals surface area contributed by atoms with Gasteiger partial charge in [0, 0.05) is 23.7 Å². The SMILES string of the molecule is C=C[C@H]1[C@H](O[C@@H]2O[C@H](CO)[C@@H](O)[C@H](O)[C@H]2O)OC=C(C(=O)OC)[C@H]1CCOC(=O)C1=CO[C@@H](O[C@@H]2O[C@H](CO)[C@@H](O)[C@H](O)[C@H]2O)[C@@H]2C[C@@H](OC(=O)c3cccc(O[C@@H]4O[C@H](CO)[C@@H](O)[C@H](O)[C@H]4O)c3O)C[C@H]12. The van der Waals surface area contributed by atoms with E-state index in [9.17, 15) is 80.8 Å². The summed E-state index contributed by atoms with van der Waals surface area (Å²) in [6, 6.07) is 3.66. The van der Waals surface area contributed by atoms with E-state index in [-0.39, 0.29) is 30.4 Å². The molecule has 27 heteroatoms. The number of hydrogen-bond acceptors (Lipinski definition) is 27. The van der Waals surface area contributed by atoms with Crippen LogP contribution in [0.1, 0.15) is 29.6 Å². The number of hydrogen-bond donors (Lipinski definition) is 13. The highest BCUT2D eigenvalue weighted by atomic mass is 16.8. The summed E-state index contributed by atoms with van der Waals surface area (Å²) in [6.45, 7) is 1.14. The number of phenols is 1. The molecule has 72 heavy (non-hydrogen) atoms. The van der Waals surface area contributed by atoms with E-state index in [1.807, 2.05) is 0 Å². The molecular weight excluding hydrogens is 972 g/mol. The molecule has 1 aromatic carbocycles. The van der Waals surface area contributed by atoms with Crippen molar-refractivity contribution in [1.29, 1.82) is 0 Å². The van der Waals surface area contributed by atoms with Crippen LogP contribution in [-0.4, -0.2) is 229 Å². The third kappa shape index (κ3) is 11.2. The zero-order chi connectivity index (χ0) is 52.3. The number of aromatic hydroxyl groups is 1. The highest BCUT2D eigenvalue weighted by molar-refractivity contribution is 5.93. The average Bonchev–Trinajstić information content (AvgIpc) is 3.80. The standard InChI is InChI=1S/C45H60O27/c1-3-17-18(22(38(59)62-2)14-64-41(17)71-44-36(57)33(54)30(51)26(12-47)69-44)7-8-63-39(60)23-15-65-42(72-45-37(58)34(55)31(52)27(13-48)70-45)21-10-16(9-20(21)23)66-40(61)19-5-4-6-24(28(19)49)67-43-35(56)32(53)29(50)25(11-46)68-43/h3-6,14-18,20-21,25-27,29-37,41-58H,1,7-13H2,2H3/t16-,17+,18-,20-,21+,25+,26+,27+,29+,30+,31+,32-,33-,34-,35+,36+,37+,41-,42-,43+,44-,45-/m0/s1. The van der Waals surface area contributed by atoms with Crippen LogP contribution in [-0.2, 0) is 57.0 Å². The Labute approximate surface area is 409 Å². The molecule has 0 radical (unpaired) electrons. The fraction of sp³-hybridized carbons (Fsp3) is 0.667. The van der Waals surface area contributed by atoms with Crippen molar-refractivity contribution in [2.24, 2.45) is 23.7 Å². The van der Waals surface area contributed by atoms with E-state index in [0.717, 1.165) is 19.6 Å². The van der Waals surface area contributed by atoms with Crippen molar-refractivity contribution in [2.45, 2.75) is 130 Å². The summed E-state index contributed by atoms with van der Waals surface area (Å²) in [7, 11) is 1.12.